The second-order valence-corrected chi connectivity index (χ2v) is 5.91. The first-order chi connectivity index (χ1) is 6.29. The van der Waals surface area contributed by atoms with Gasteiger partial charge in [-0.15, -0.1) is 0 Å². The van der Waals surface area contributed by atoms with Crippen LogP contribution in [0.1, 0.15) is 0 Å². The fourth-order valence-corrected chi connectivity index (χ4v) is 4.39. The van der Waals surface area contributed by atoms with Gasteiger partial charge in [0.1, 0.15) is 0 Å². The molecule has 14 heavy (non-hydrogen) atoms. The van der Waals surface area contributed by atoms with Crippen molar-refractivity contribution in [3.8, 4) is 0 Å². The van der Waals surface area contributed by atoms with E-state index in [-0.39, 0.29) is 32.1 Å². The molecule has 2 heterocycles. The van der Waals surface area contributed by atoms with Crippen LogP contribution >= 0.6 is 0 Å². The van der Waals surface area contributed by atoms with E-state index < -0.39 is 8.57 Å². The van der Waals surface area contributed by atoms with Gasteiger partial charge in [-0.05, 0) is 0 Å². The summed E-state index contributed by atoms with van der Waals surface area (Å²) in [6.07, 6.45) is 0. The fourth-order valence-electron chi connectivity index (χ4n) is 1.46. The molecule has 0 aromatic heterocycles. The van der Waals surface area contributed by atoms with Crippen LogP contribution in [0, 0.1) is 0 Å². The standard InChI is InChI=1S/C6H13O6Si.Li/c7-1-2-8-13(9-3-4-10-13)11-5-6-12-13;/h7H,1-6H2;/q-1;+1. The van der Waals surface area contributed by atoms with Crippen molar-refractivity contribution in [2.75, 3.05) is 39.6 Å². The molecule has 2 fully saturated rings. The summed E-state index contributed by atoms with van der Waals surface area (Å²) in [5.41, 5.74) is 0. The molecule has 1 N–H and O–H groups in total. The zero-order chi connectivity index (χ0) is 9.23. The van der Waals surface area contributed by atoms with Crippen molar-refractivity contribution in [3.63, 3.8) is 0 Å². The summed E-state index contributed by atoms with van der Waals surface area (Å²) in [5.74, 6) is 0. The Hall–Kier alpha value is 0.574. The van der Waals surface area contributed by atoms with Crippen LogP contribution in [-0.2, 0) is 22.1 Å². The van der Waals surface area contributed by atoms with Crippen LogP contribution in [0.25, 0.3) is 0 Å². The van der Waals surface area contributed by atoms with Crippen LogP contribution in [0.2, 0.25) is 0 Å². The molecule has 2 rings (SSSR count). The van der Waals surface area contributed by atoms with Gasteiger partial charge in [0.2, 0.25) is 0 Å². The van der Waals surface area contributed by atoms with Crippen LogP contribution in [0.4, 0.5) is 0 Å². The van der Waals surface area contributed by atoms with Crippen molar-refractivity contribution < 1.29 is 46.1 Å². The van der Waals surface area contributed by atoms with Gasteiger partial charge in [-0.25, -0.2) is 0 Å². The van der Waals surface area contributed by atoms with E-state index in [0.717, 1.165) is 0 Å². The second-order valence-electron chi connectivity index (χ2n) is 2.80. The molecule has 0 amide bonds. The predicted octanol–water partition coefficient (Wildman–Crippen LogP) is -4.02. The summed E-state index contributed by atoms with van der Waals surface area (Å²) >= 11 is 0. The van der Waals surface area contributed by atoms with E-state index in [1.807, 2.05) is 0 Å². The average molecular weight is 216 g/mol. The summed E-state index contributed by atoms with van der Waals surface area (Å²) in [6, 6.07) is 0. The Morgan fingerprint density at radius 3 is 1.79 bits per heavy atom. The Labute approximate surface area is 94.6 Å². The van der Waals surface area contributed by atoms with E-state index in [1.165, 1.54) is 0 Å². The molecule has 2 aliphatic rings. The Balaban J connectivity index is 0.000000980. The number of aliphatic hydroxyl groups excluding tert-OH is 1. The maximum absolute atomic E-state index is 8.64. The molecule has 0 unspecified atom stereocenters. The van der Waals surface area contributed by atoms with Gasteiger partial charge in [-0.2, -0.15) is 0 Å². The van der Waals surface area contributed by atoms with Crippen molar-refractivity contribution in [1.29, 1.82) is 0 Å². The molecule has 6 nitrogen and oxygen atoms in total. The minimum atomic E-state index is -3.93. The largest absolute Gasteiger partial charge is 1.00 e. The third kappa shape index (κ3) is 2.06. The Bertz CT molecular complexity index is 167. The Morgan fingerprint density at radius 1 is 1.00 bits per heavy atom. The fraction of sp³-hybridized carbons (Fsp3) is 1.00. The first kappa shape index (κ1) is 12.6. The first-order valence-corrected chi connectivity index (χ1v) is 6.32. The Morgan fingerprint density at radius 2 is 1.43 bits per heavy atom. The van der Waals surface area contributed by atoms with Gasteiger partial charge in [0.05, 0.1) is 0 Å². The quantitative estimate of drug-likeness (QED) is 0.485. The molecule has 2 aliphatic heterocycles. The topological polar surface area (TPSA) is 66.4 Å². The van der Waals surface area contributed by atoms with Crippen LogP contribution in [0.3, 0.4) is 0 Å². The average Bonchev–Trinajstić information content (AvgIpc) is 2.75. The van der Waals surface area contributed by atoms with Gasteiger partial charge in [-0.3, -0.25) is 0 Å². The van der Waals surface area contributed by atoms with E-state index in [9.17, 15) is 0 Å². The van der Waals surface area contributed by atoms with Crippen molar-refractivity contribution in [2.24, 2.45) is 0 Å². The Kier molecular flexibility index (Phi) is 4.16. The third-order valence-corrected chi connectivity index (χ3v) is 5.32. The van der Waals surface area contributed by atoms with Crippen molar-refractivity contribution in [1.82, 2.24) is 0 Å². The van der Waals surface area contributed by atoms with Crippen LogP contribution in [0.15, 0.2) is 0 Å². The maximum Gasteiger partial charge on any atom is 1.00 e. The number of hydrogen-bond acceptors (Lipinski definition) is 6. The van der Waals surface area contributed by atoms with Gasteiger partial charge in [0, 0.05) is 0 Å². The van der Waals surface area contributed by atoms with Crippen LogP contribution < -0.4 is 18.9 Å². The molecule has 2 saturated heterocycles. The van der Waals surface area contributed by atoms with Gasteiger partial charge in [0.15, 0.2) is 0 Å². The monoisotopic (exact) mass is 216 g/mol. The molecule has 0 saturated carbocycles. The predicted molar refractivity (Wildman–Crippen MR) is 42.6 cm³/mol. The number of rotatable bonds is 3. The summed E-state index contributed by atoms with van der Waals surface area (Å²) in [4.78, 5) is 0. The van der Waals surface area contributed by atoms with E-state index in [1.54, 1.807) is 0 Å². The minimum absolute atomic E-state index is 0. The molecule has 78 valence electrons. The zero-order valence-corrected chi connectivity index (χ0v) is 9.23. The van der Waals surface area contributed by atoms with E-state index in [0.29, 0.717) is 26.4 Å². The van der Waals surface area contributed by atoms with Crippen molar-refractivity contribution >= 4 is 8.57 Å². The minimum Gasteiger partial charge on any atom is 1.00 e. The maximum atomic E-state index is 8.64. The van der Waals surface area contributed by atoms with Gasteiger partial charge in [0.25, 0.3) is 0 Å². The van der Waals surface area contributed by atoms with Crippen molar-refractivity contribution in [2.45, 2.75) is 0 Å². The summed E-state index contributed by atoms with van der Waals surface area (Å²) in [6.45, 7) is 1.66. The van der Waals surface area contributed by atoms with Gasteiger partial charge >= 0.3 is 94.3 Å². The first-order valence-electron chi connectivity index (χ1n) is 4.28. The molecule has 8 heteroatoms. The second kappa shape index (κ2) is 4.61. The summed E-state index contributed by atoms with van der Waals surface area (Å²) < 4.78 is 26.7. The van der Waals surface area contributed by atoms with Crippen molar-refractivity contribution in [3.05, 3.63) is 0 Å². The molecule has 0 bridgehead atoms. The van der Waals surface area contributed by atoms with E-state index in [2.05, 4.69) is 0 Å². The molecular formula is C6H13LiO6Si. The number of aliphatic hydroxyl groups is 1. The van der Waals surface area contributed by atoms with Crippen LogP contribution in [-0.4, -0.2) is 53.3 Å². The summed E-state index contributed by atoms with van der Waals surface area (Å²) in [5, 5.41) is 8.64. The smallest absolute Gasteiger partial charge is 1.00 e. The third-order valence-electron chi connectivity index (χ3n) is 1.95. The van der Waals surface area contributed by atoms with Crippen LogP contribution in [0.5, 0.6) is 0 Å². The number of hydrogen-bond donors (Lipinski definition) is 1. The normalized spacial score (nSPS) is 30.8. The zero-order valence-electron chi connectivity index (χ0n) is 8.23. The molecule has 0 radical (unpaired) electrons. The molecule has 1 spiro atoms. The van der Waals surface area contributed by atoms with Gasteiger partial charge < -0.3 is 0 Å². The molecule has 0 aromatic rings. The SMILES string of the molecule is OCCO[Si-]12(OCCO1)OCCO2.[Li+]. The van der Waals surface area contributed by atoms with Gasteiger partial charge in [-0.1, -0.05) is 0 Å². The van der Waals surface area contributed by atoms with E-state index >= 15 is 0 Å². The van der Waals surface area contributed by atoms with E-state index in [4.69, 9.17) is 27.2 Å². The summed E-state index contributed by atoms with van der Waals surface area (Å²) in [7, 11) is -3.93. The molecule has 0 aromatic carbocycles. The molecule has 0 aliphatic carbocycles. The molecular weight excluding hydrogens is 203 g/mol. The molecule has 0 atom stereocenters.